The number of hydrogen-bond donors (Lipinski definition) is 1. The Balaban J connectivity index is 1.06. The second-order valence-electron chi connectivity index (χ2n) is 9.91. The molecule has 8 nitrogen and oxygen atoms in total. The van der Waals surface area contributed by atoms with Crippen molar-refractivity contribution in [2.75, 3.05) is 10.2 Å². The van der Waals surface area contributed by atoms with Crippen LogP contribution in [0.25, 0.3) is 22.4 Å². The Bertz CT molecular complexity index is 1690. The molecular formula is C30H21N3O5. The molecule has 1 aromatic heterocycles. The Morgan fingerprint density at radius 1 is 0.842 bits per heavy atom. The average Bonchev–Trinajstić information content (AvgIpc) is 3.63. The SMILES string of the molecule is O=C(Nc1ccc(-c2nc3ccccc3c(=O)o2)cc1)c1ccc(N2C(=O)C3C4C=CC(C4)C3C2=O)cc1. The van der Waals surface area contributed by atoms with Crippen molar-refractivity contribution < 1.29 is 18.8 Å². The minimum atomic E-state index is -0.462. The third kappa shape index (κ3) is 3.41. The summed E-state index contributed by atoms with van der Waals surface area (Å²) in [5, 5.41) is 3.24. The lowest BCUT2D eigenvalue weighted by Gasteiger charge is -2.17. The highest BCUT2D eigenvalue weighted by Gasteiger charge is 2.59. The van der Waals surface area contributed by atoms with Gasteiger partial charge in [0.1, 0.15) is 0 Å². The molecule has 4 atom stereocenters. The number of imide groups is 1. The van der Waals surface area contributed by atoms with Crippen molar-refractivity contribution in [3.63, 3.8) is 0 Å². The van der Waals surface area contributed by atoms with Gasteiger partial charge in [-0.25, -0.2) is 9.78 Å². The zero-order valence-electron chi connectivity index (χ0n) is 20.0. The Morgan fingerprint density at radius 3 is 2.18 bits per heavy atom. The van der Waals surface area contributed by atoms with E-state index in [0.29, 0.717) is 33.4 Å². The molecule has 0 spiro atoms. The molecular weight excluding hydrogens is 482 g/mol. The van der Waals surface area contributed by atoms with Crippen molar-refractivity contribution in [3.8, 4) is 11.5 Å². The predicted octanol–water partition coefficient (Wildman–Crippen LogP) is 4.42. The first-order valence-corrected chi connectivity index (χ1v) is 12.5. The number of rotatable bonds is 4. The summed E-state index contributed by atoms with van der Waals surface area (Å²) in [6.07, 6.45) is 5.01. The van der Waals surface area contributed by atoms with E-state index in [1.807, 2.05) is 0 Å². The first kappa shape index (κ1) is 22.4. The normalized spacial score (nSPS) is 23.3. The Labute approximate surface area is 216 Å². The van der Waals surface area contributed by atoms with E-state index >= 15 is 0 Å². The highest BCUT2D eigenvalue weighted by atomic mass is 16.4. The number of carbonyl (C=O) groups excluding carboxylic acids is 3. The van der Waals surface area contributed by atoms with Gasteiger partial charge in [0.15, 0.2) is 0 Å². The molecule has 38 heavy (non-hydrogen) atoms. The second kappa shape index (κ2) is 8.34. The molecule has 186 valence electrons. The summed E-state index contributed by atoms with van der Waals surface area (Å²) in [7, 11) is 0. The maximum Gasteiger partial charge on any atom is 0.347 e. The van der Waals surface area contributed by atoms with E-state index in [0.717, 1.165) is 6.42 Å². The maximum atomic E-state index is 13.0. The summed E-state index contributed by atoms with van der Waals surface area (Å²) in [6.45, 7) is 0. The van der Waals surface area contributed by atoms with Gasteiger partial charge in [-0.3, -0.25) is 19.3 Å². The summed E-state index contributed by atoms with van der Waals surface area (Å²) in [4.78, 5) is 56.8. The van der Waals surface area contributed by atoms with Gasteiger partial charge in [-0.1, -0.05) is 24.3 Å². The summed E-state index contributed by atoms with van der Waals surface area (Å²) in [5.41, 5.74) is 2.11. The van der Waals surface area contributed by atoms with Crippen molar-refractivity contribution in [3.05, 3.63) is 101 Å². The highest BCUT2D eigenvalue weighted by Crippen LogP contribution is 2.53. The minimum absolute atomic E-state index is 0.147. The standard InChI is InChI=1S/C30H21N3O5/c34-26(31-20-11-7-17(8-12-20)27-32-23-4-2-1-3-22(23)30(37)38-27)16-9-13-21(14-10-16)33-28(35)24-18-5-6-19(15-18)25(24)29(33)36/h1-14,18-19,24-25H,15H2,(H,31,34). The number of anilines is 2. The van der Waals surface area contributed by atoms with Gasteiger partial charge in [0, 0.05) is 16.8 Å². The number of carbonyl (C=O) groups is 3. The van der Waals surface area contributed by atoms with Crippen LogP contribution in [0.3, 0.4) is 0 Å². The average molecular weight is 504 g/mol. The van der Waals surface area contributed by atoms with Crippen LogP contribution in [0, 0.1) is 23.7 Å². The fraction of sp³-hybridized carbons (Fsp3) is 0.167. The van der Waals surface area contributed by atoms with E-state index in [-0.39, 0.29) is 47.3 Å². The van der Waals surface area contributed by atoms with Gasteiger partial charge in [-0.15, -0.1) is 0 Å². The van der Waals surface area contributed by atoms with Crippen LogP contribution in [0.5, 0.6) is 0 Å². The van der Waals surface area contributed by atoms with Gasteiger partial charge in [0.05, 0.1) is 28.4 Å². The predicted molar refractivity (Wildman–Crippen MR) is 140 cm³/mol. The molecule has 3 amide bonds. The molecule has 1 saturated carbocycles. The molecule has 2 heterocycles. The molecule has 0 radical (unpaired) electrons. The summed E-state index contributed by atoms with van der Waals surface area (Å²) in [5.74, 6) is -0.662. The zero-order valence-corrected chi connectivity index (χ0v) is 20.0. The van der Waals surface area contributed by atoms with Crippen molar-refractivity contribution in [2.24, 2.45) is 23.7 Å². The summed E-state index contributed by atoms with van der Waals surface area (Å²) >= 11 is 0. The van der Waals surface area contributed by atoms with Crippen molar-refractivity contribution in [1.82, 2.24) is 4.98 Å². The van der Waals surface area contributed by atoms with Gasteiger partial charge in [0.25, 0.3) is 5.91 Å². The smallest absolute Gasteiger partial charge is 0.347 e. The Kier molecular flexibility index (Phi) is 4.91. The quantitative estimate of drug-likeness (QED) is 0.326. The van der Waals surface area contributed by atoms with Gasteiger partial charge in [-0.2, -0.15) is 0 Å². The van der Waals surface area contributed by atoms with E-state index in [1.165, 1.54) is 4.90 Å². The van der Waals surface area contributed by atoms with Crippen LogP contribution in [0.15, 0.2) is 94.2 Å². The lowest BCUT2D eigenvalue weighted by atomic mass is 9.85. The number of nitrogens with zero attached hydrogens (tertiary/aromatic N) is 2. The third-order valence-electron chi connectivity index (χ3n) is 7.78. The summed E-state index contributed by atoms with van der Waals surface area (Å²) in [6, 6.07) is 20.3. The van der Waals surface area contributed by atoms with E-state index in [1.54, 1.807) is 72.8 Å². The van der Waals surface area contributed by atoms with E-state index in [2.05, 4.69) is 22.5 Å². The van der Waals surface area contributed by atoms with Gasteiger partial charge in [0.2, 0.25) is 17.7 Å². The van der Waals surface area contributed by atoms with Crippen LogP contribution >= 0.6 is 0 Å². The number of fused-ring (bicyclic) bond motifs is 6. The number of aromatic nitrogens is 1. The monoisotopic (exact) mass is 503 g/mol. The van der Waals surface area contributed by atoms with Crippen LogP contribution in [0.1, 0.15) is 16.8 Å². The van der Waals surface area contributed by atoms with Gasteiger partial charge < -0.3 is 9.73 Å². The van der Waals surface area contributed by atoms with Crippen LogP contribution in [-0.2, 0) is 9.59 Å². The van der Waals surface area contributed by atoms with Crippen molar-refractivity contribution in [1.29, 1.82) is 0 Å². The number of nitrogens with one attached hydrogen (secondary N) is 1. The molecule has 2 bridgehead atoms. The van der Waals surface area contributed by atoms with Crippen molar-refractivity contribution in [2.45, 2.75) is 6.42 Å². The fourth-order valence-electron chi connectivity index (χ4n) is 5.96. The molecule has 7 rings (SSSR count). The Morgan fingerprint density at radius 2 is 1.50 bits per heavy atom. The zero-order chi connectivity index (χ0) is 26.0. The molecule has 1 aliphatic heterocycles. The number of hydrogen-bond acceptors (Lipinski definition) is 6. The van der Waals surface area contributed by atoms with Crippen LogP contribution in [-0.4, -0.2) is 22.7 Å². The van der Waals surface area contributed by atoms with Gasteiger partial charge in [-0.05, 0) is 78.9 Å². The maximum absolute atomic E-state index is 13.0. The number of para-hydroxylation sites is 1. The topological polar surface area (TPSA) is 110 Å². The van der Waals surface area contributed by atoms with Crippen LogP contribution in [0.4, 0.5) is 11.4 Å². The molecule has 4 unspecified atom stereocenters. The third-order valence-corrected chi connectivity index (χ3v) is 7.78. The van der Waals surface area contributed by atoms with E-state index in [4.69, 9.17) is 4.42 Å². The van der Waals surface area contributed by atoms with Gasteiger partial charge >= 0.3 is 5.63 Å². The molecule has 2 fully saturated rings. The second-order valence-corrected chi connectivity index (χ2v) is 9.91. The van der Waals surface area contributed by atoms with Crippen LogP contribution < -0.4 is 15.8 Å². The first-order valence-electron chi connectivity index (χ1n) is 12.5. The lowest BCUT2D eigenvalue weighted by molar-refractivity contribution is -0.123. The van der Waals surface area contributed by atoms with E-state index in [9.17, 15) is 19.2 Å². The largest absolute Gasteiger partial charge is 0.403 e. The molecule has 3 aromatic carbocycles. The molecule has 2 aliphatic carbocycles. The minimum Gasteiger partial charge on any atom is -0.403 e. The molecule has 3 aliphatic rings. The molecule has 8 heteroatoms. The first-order chi connectivity index (χ1) is 18.5. The number of amides is 3. The molecule has 1 saturated heterocycles. The summed E-state index contributed by atoms with van der Waals surface area (Å²) < 4.78 is 5.37. The Hall–Kier alpha value is -4.85. The number of allylic oxidation sites excluding steroid dienone is 2. The van der Waals surface area contributed by atoms with E-state index < -0.39 is 5.63 Å². The fourth-order valence-corrected chi connectivity index (χ4v) is 5.96. The molecule has 4 aromatic rings. The number of benzene rings is 3. The molecule has 1 N–H and O–H groups in total. The lowest BCUT2D eigenvalue weighted by Crippen LogP contribution is -2.32. The highest BCUT2D eigenvalue weighted by molar-refractivity contribution is 6.23. The van der Waals surface area contributed by atoms with Crippen molar-refractivity contribution >= 4 is 40.0 Å². The van der Waals surface area contributed by atoms with Crippen LogP contribution in [0.2, 0.25) is 0 Å².